The molecule has 2 N–H and O–H groups in total. The Morgan fingerprint density at radius 2 is 1.74 bits per heavy atom. The van der Waals surface area contributed by atoms with Crippen molar-refractivity contribution in [2.24, 2.45) is 0 Å². The second kappa shape index (κ2) is 7.62. The van der Waals surface area contributed by atoms with Gasteiger partial charge < -0.3 is 9.47 Å². The molecule has 0 spiro atoms. The molecular formula is C17H17N3O6S. The van der Waals surface area contributed by atoms with Gasteiger partial charge in [-0.15, -0.1) is 11.3 Å². The molecular weight excluding hydrogens is 374 g/mol. The number of nitrogens with zero attached hydrogens (tertiary/aromatic N) is 1. The van der Waals surface area contributed by atoms with Gasteiger partial charge in [0.2, 0.25) is 0 Å². The van der Waals surface area contributed by atoms with Crippen LogP contribution in [0.1, 0.15) is 36.9 Å². The summed E-state index contributed by atoms with van der Waals surface area (Å²) >= 11 is 1.39. The third kappa shape index (κ3) is 3.70. The monoisotopic (exact) mass is 391 g/mol. The molecule has 27 heavy (non-hydrogen) atoms. The molecule has 1 aliphatic carbocycles. The Balaban J connectivity index is 1.76. The number of amides is 2. The Labute approximate surface area is 158 Å². The van der Waals surface area contributed by atoms with E-state index < -0.39 is 22.4 Å². The molecule has 2 aromatic rings. The number of hydrogen-bond donors (Lipinski definition) is 2. The van der Waals surface area contributed by atoms with Gasteiger partial charge in [0.25, 0.3) is 17.5 Å². The fourth-order valence-corrected chi connectivity index (χ4v) is 4.03. The Kier molecular flexibility index (Phi) is 5.26. The third-order valence-corrected chi connectivity index (χ3v) is 5.44. The second-order valence-electron chi connectivity index (χ2n) is 5.80. The summed E-state index contributed by atoms with van der Waals surface area (Å²) in [7, 11) is 2.68. The van der Waals surface area contributed by atoms with Crippen LogP contribution in [-0.4, -0.2) is 31.0 Å². The number of carbonyl (C=O) groups is 2. The van der Waals surface area contributed by atoms with Crippen LogP contribution in [0.4, 0.5) is 5.69 Å². The van der Waals surface area contributed by atoms with Gasteiger partial charge in [0.1, 0.15) is 5.56 Å². The molecule has 3 rings (SSSR count). The van der Waals surface area contributed by atoms with Gasteiger partial charge in [-0.25, -0.2) is 0 Å². The number of thiophene rings is 1. The maximum Gasteiger partial charge on any atom is 0.286 e. The first-order chi connectivity index (χ1) is 12.9. The SMILES string of the molecule is COc1cc(C(=O)NNC(=O)c2cc3c(s2)CCC3)c([N+](=O)[O-])cc1OC. The first-order valence-electron chi connectivity index (χ1n) is 8.07. The van der Waals surface area contributed by atoms with Gasteiger partial charge in [0, 0.05) is 10.9 Å². The van der Waals surface area contributed by atoms with Crippen molar-refractivity contribution >= 4 is 28.8 Å². The number of fused-ring (bicyclic) bond motifs is 1. The summed E-state index contributed by atoms with van der Waals surface area (Å²) in [4.78, 5) is 36.9. The molecule has 0 aliphatic heterocycles. The summed E-state index contributed by atoms with van der Waals surface area (Å²) in [5.41, 5.74) is 4.95. The van der Waals surface area contributed by atoms with E-state index in [-0.39, 0.29) is 17.1 Å². The first-order valence-corrected chi connectivity index (χ1v) is 8.89. The van der Waals surface area contributed by atoms with Gasteiger partial charge in [0.05, 0.1) is 30.1 Å². The molecule has 0 radical (unpaired) electrons. The van der Waals surface area contributed by atoms with E-state index in [0.717, 1.165) is 30.9 Å². The summed E-state index contributed by atoms with van der Waals surface area (Å²) in [5.74, 6) is -1.02. The second-order valence-corrected chi connectivity index (χ2v) is 6.94. The standard InChI is InChI=1S/C17H17N3O6S/c1-25-12-7-10(11(20(23)24)8-13(12)26-2)16(21)18-19-17(22)15-6-9-4-3-5-14(9)27-15/h6-8H,3-5H2,1-2H3,(H,18,21)(H,19,22). The van der Waals surface area contributed by atoms with E-state index in [2.05, 4.69) is 10.9 Å². The minimum atomic E-state index is -0.833. The number of rotatable bonds is 5. The highest BCUT2D eigenvalue weighted by atomic mass is 32.1. The number of benzene rings is 1. The predicted octanol–water partition coefficient (Wildman–Crippen LogP) is 2.24. The molecule has 0 bridgehead atoms. The van der Waals surface area contributed by atoms with Crippen molar-refractivity contribution in [3.8, 4) is 11.5 Å². The Bertz CT molecular complexity index is 902. The van der Waals surface area contributed by atoms with E-state index in [1.54, 1.807) is 0 Å². The van der Waals surface area contributed by atoms with Crippen LogP contribution in [0.15, 0.2) is 18.2 Å². The summed E-state index contributed by atoms with van der Waals surface area (Å²) in [6.45, 7) is 0. The van der Waals surface area contributed by atoms with Gasteiger partial charge in [-0.1, -0.05) is 0 Å². The lowest BCUT2D eigenvalue weighted by Gasteiger charge is -2.11. The number of methoxy groups -OCH3 is 2. The van der Waals surface area contributed by atoms with E-state index in [1.807, 2.05) is 6.07 Å². The topological polar surface area (TPSA) is 120 Å². The lowest BCUT2D eigenvalue weighted by molar-refractivity contribution is -0.385. The van der Waals surface area contributed by atoms with Crippen molar-refractivity contribution in [1.82, 2.24) is 10.9 Å². The Hall–Kier alpha value is -3.14. The Morgan fingerprint density at radius 3 is 2.37 bits per heavy atom. The molecule has 0 atom stereocenters. The van der Waals surface area contributed by atoms with E-state index in [1.165, 1.54) is 36.5 Å². The lowest BCUT2D eigenvalue weighted by atomic mass is 10.1. The van der Waals surface area contributed by atoms with Crippen molar-refractivity contribution in [2.75, 3.05) is 14.2 Å². The highest BCUT2D eigenvalue weighted by Gasteiger charge is 2.25. The van der Waals surface area contributed by atoms with E-state index in [4.69, 9.17) is 9.47 Å². The number of nitro groups is 1. The lowest BCUT2D eigenvalue weighted by Crippen LogP contribution is -2.41. The van der Waals surface area contributed by atoms with Crippen LogP contribution in [0.5, 0.6) is 11.5 Å². The maximum atomic E-state index is 12.4. The van der Waals surface area contributed by atoms with Crippen LogP contribution in [0.3, 0.4) is 0 Å². The fraction of sp³-hybridized carbons (Fsp3) is 0.294. The number of carbonyl (C=O) groups excluding carboxylic acids is 2. The van der Waals surface area contributed by atoms with Crippen molar-refractivity contribution in [2.45, 2.75) is 19.3 Å². The van der Waals surface area contributed by atoms with Crippen LogP contribution in [0.25, 0.3) is 0 Å². The van der Waals surface area contributed by atoms with E-state index in [0.29, 0.717) is 4.88 Å². The highest BCUT2D eigenvalue weighted by Crippen LogP contribution is 2.34. The molecule has 0 saturated carbocycles. The molecule has 1 aromatic heterocycles. The number of hydrazine groups is 1. The molecule has 0 unspecified atom stereocenters. The molecule has 142 valence electrons. The van der Waals surface area contributed by atoms with Crippen molar-refractivity contribution < 1.29 is 24.0 Å². The minimum absolute atomic E-state index is 0.123. The summed E-state index contributed by atoms with van der Waals surface area (Å²) in [6.07, 6.45) is 2.99. The fourth-order valence-electron chi connectivity index (χ4n) is 2.88. The number of nitrogens with one attached hydrogen (secondary N) is 2. The van der Waals surface area contributed by atoms with Gasteiger partial charge >= 0.3 is 0 Å². The molecule has 0 saturated heterocycles. The van der Waals surface area contributed by atoms with Crippen LogP contribution < -0.4 is 20.3 Å². The van der Waals surface area contributed by atoms with E-state index in [9.17, 15) is 19.7 Å². The molecule has 0 fully saturated rings. The molecule has 10 heteroatoms. The average Bonchev–Trinajstić information content (AvgIpc) is 3.26. The normalized spacial score (nSPS) is 12.2. The quantitative estimate of drug-likeness (QED) is 0.596. The van der Waals surface area contributed by atoms with Gasteiger partial charge in [-0.2, -0.15) is 0 Å². The van der Waals surface area contributed by atoms with Crippen LogP contribution in [-0.2, 0) is 12.8 Å². The van der Waals surface area contributed by atoms with Crippen molar-refractivity contribution in [3.05, 3.63) is 49.2 Å². The molecule has 9 nitrogen and oxygen atoms in total. The van der Waals surface area contributed by atoms with Crippen molar-refractivity contribution in [3.63, 3.8) is 0 Å². The Morgan fingerprint density at radius 1 is 1.07 bits per heavy atom. The number of ether oxygens (including phenoxy) is 2. The minimum Gasteiger partial charge on any atom is -0.493 e. The molecule has 1 aliphatic rings. The third-order valence-electron chi connectivity index (χ3n) is 4.20. The van der Waals surface area contributed by atoms with Crippen LogP contribution in [0, 0.1) is 10.1 Å². The van der Waals surface area contributed by atoms with Crippen LogP contribution in [0.2, 0.25) is 0 Å². The van der Waals surface area contributed by atoms with Crippen molar-refractivity contribution in [1.29, 1.82) is 0 Å². The summed E-state index contributed by atoms with van der Waals surface area (Å²) in [6, 6.07) is 4.10. The van der Waals surface area contributed by atoms with E-state index >= 15 is 0 Å². The number of hydrogen-bond acceptors (Lipinski definition) is 7. The highest BCUT2D eigenvalue weighted by molar-refractivity contribution is 7.14. The predicted molar refractivity (Wildman–Crippen MR) is 97.5 cm³/mol. The number of nitro benzene ring substituents is 1. The zero-order valence-electron chi connectivity index (χ0n) is 14.7. The first kappa shape index (κ1) is 18.6. The molecule has 1 aromatic carbocycles. The van der Waals surface area contributed by atoms with Gasteiger partial charge in [0.15, 0.2) is 11.5 Å². The molecule has 1 heterocycles. The smallest absolute Gasteiger partial charge is 0.286 e. The van der Waals surface area contributed by atoms with Crippen LogP contribution >= 0.6 is 11.3 Å². The van der Waals surface area contributed by atoms with Gasteiger partial charge in [-0.3, -0.25) is 30.6 Å². The number of aryl methyl sites for hydroxylation is 2. The largest absolute Gasteiger partial charge is 0.493 e. The average molecular weight is 391 g/mol. The maximum absolute atomic E-state index is 12.4. The zero-order valence-corrected chi connectivity index (χ0v) is 15.5. The summed E-state index contributed by atoms with van der Waals surface area (Å²) < 4.78 is 10.1. The van der Waals surface area contributed by atoms with Gasteiger partial charge in [-0.05, 0) is 30.9 Å². The summed E-state index contributed by atoms with van der Waals surface area (Å²) in [5, 5.41) is 11.3. The zero-order chi connectivity index (χ0) is 19.6. The molecule has 2 amide bonds.